The van der Waals surface area contributed by atoms with Gasteiger partial charge in [0.2, 0.25) is 0 Å². The molecule has 0 saturated heterocycles. The van der Waals surface area contributed by atoms with Gasteiger partial charge in [-0.1, -0.05) is 96.3 Å². The molecule has 1 rings (SSSR count). The molecule has 1 unspecified atom stereocenters. The topological polar surface area (TPSA) is 26.3 Å². The zero-order chi connectivity index (χ0) is 19.9. The maximum Gasteiger partial charge on any atom is 0.338 e. The predicted molar refractivity (Wildman–Crippen MR) is 116 cm³/mol. The lowest BCUT2D eigenvalue weighted by molar-refractivity contribution is 0.0420. The van der Waals surface area contributed by atoms with E-state index in [1.165, 1.54) is 77.0 Å². The predicted octanol–water partition coefficient (Wildman–Crippen LogP) is 7.80. The SMILES string of the molecule is CCCCCCCCC(CCCCCC)COC(=O)c1c(C)cccc1C. The zero-order valence-electron chi connectivity index (χ0n) is 18.3. The summed E-state index contributed by atoms with van der Waals surface area (Å²) in [5, 5.41) is 0. The lowest BCUT2D eigenvalue weighted by atomic mass is 9.95. The number of hydrogen-bond acceptors (Lipinski definition) is 2. The number of esters is 1. The van der Waals surface area contributed by atoms with E-state index < -0.39 is 0 Å². The molecule has 1 aromatic carbocycles. The molecule has 0 fully saturated rings. The van der Waals surface area contributed by atoms with E-state index in [0.717, 1.165) is 16.7 Å². The Bertz CT molecular complexity index is 501. The molecule has 0 bridgehead atoms. The number of rotatable bonds is 15. The fourth-order valence-electron chi connectivity index (χ4n) is 3.79. The average molecular weight is 375 g/mol. The number of hydrogen-bond donors (Lipinski definition) is 0. The van der Waals surface area contributed by atoms with E-state index in [9.17, 15) is 4.79 Å². The van der Waals surface area contributed by atoms with Gasteiger partial charge in [0.05, 0.1) is 12.2 Å². The van der Waals surface area contributed by atoms with Crippen LogP contribution in [0, 0.1) is 19.8 Å². The van der Waals surface area contributed by atoms with E-state index in [2.05, 4.69) is 13.8 Å². The van der Waals surface area contributed by atoms with Crippen molar-refractivity contribution in [2.75, 3.05) is 6.61 Å². The Kier molecular flexibility index (Phi) is 12.9. The largest absolute Gasteiger partial charge is 0.462 e. The highest BCUT2D eigenvalue weighted by Gasteiger charge is 2.16. The summed E-state index contributed by atoms with van der Waals surface area (Å²) in [5.41, 5.74) is 2.77. The quantitative estimate of drug-likeness (QED) is 0.231. The van der Waals surface area contributed by atoms with Crippen molar-refractivity contribution in [2.45, 2.75) is 105 Å². The van der Waals surface area contributed by atoms with E-state index in [1.54, 1.807) is 0 Å². The lowest BCUT2D eigenvalue weighted by Gasteiger charge is -2.18. The minimum Gasteiger partial charge on any atom is -0.462 e. The Labute approximate surface area is 168 Å². The highest BCUT2D eigenvalue weighted by Crippen LogP contribution is 2.21. The normalized spacial score (nSPS) is 12.1. The molecular formula is C25H42O2. The summed E-state index contributed by atoms with van der Waals surface area (Å²) >= 11 is 0. The van der Waals surface area contributed by atoms with E-state index >= 15 is 0 Å². The Morgan fingerprint density at radius 2 is 1.30 bits per heavy atom. The third-order valence-electron chi connectivity index (χ3n) is 5.57. The molecule has 154 valence electrons. The molecule has 0 saturated carbocycles. The monoisotopic (exact) mass is 374 g/mol. The average Bonchev–Trinajstić information content (AvgIpc) is 2.65. The number of aryl methyl sites for hydroxylation is 2. The lowest BCUT2D eigenvalue weighted by Crippen LogP contribution is -2.16. The molecule has 1 aromatic rings. The Hall–Kier alpha value is -1.31. The van der Waals surface area contributed by atoms with Gasteiger partial charge in [-0.2, -0.15) is 0 Å². The molecular weight excluding hydrogens is 332 g/mol. The summed E-state index contributed by atoms with van der Waals surface area (Å²) in [6.45, 7) is 9.06. The van der Waals surface area contributed by atoms with E-state index in [-0.39, 0.29) is 5.97 Å². The molecule has 0 aliphatic heterocycles. The molecule has 1 atom stereocenters. The van der Waals surface area contributed by atoms with Gasteiger partial charge in [0.25, 0.3) is 0 Å². The second-order valence-corrected chi connectivity index (χ2v) is 8.14. The molecule has 0 aliphatic carbocycles. The standard InChI is InChI=1S/C25H42O2/c1-5-7-9-11-12-14-19-23(18-13-10-8-6-2)20-27-25(26)24-21(3)16-15-17-22(24)4/h15-17,23H,5-14,18-20H2,1-4H3. The van der Waals surface area contributed by atoms with Crippen LogP contribution in [0.25, 0.3) is 0 Å². The van der Waals surface area contributed by atoms with Gasteiger partial charge in [0.1, 0.15) is 0 Å². The third-order valence-corrected chi connectivity index (χ3v) is 5.57. The van der Waals surface area contributed by atoms with Crippen molar-refractivity contribution in [3.8, 4) is 0 Å². The van der Waals surface area contributed by atoms with Crippen LogP contribution >= 0.6 is 0 Å². The van der Waals surface area contributed by atoms with E-state index in [4.69, 9.17) is 4.74 Å². The molecule has 0 aromatic heterocycles. The molecule has 0 amide bonds. The molecule has 0 N–H and O–H groups in total. The highest BCUT2D eigenvalue weighted by molar-refractivity contribution is 5.92. The van der Waals surface area contributed by atoms with Crippen LogP contribution in [0.2, 0.25) is 0 Å². The molecule has 2 nitrogen and oxygen atoms in total. The summed E-state index contributed by atoms with van der Waals surface area (Å²) in [7, 11) is 0. The summed E-state index contributed by atoms with van der Waals surface area (Å²) in [6, 6.07) is 5.97. The molecule has 0 spiro atoms. The van der Waals surface area contributed by atoms with Crippen LogP contribution in [0.4, 0.5) is 0 Å². The number of ether oxygens (including phenoxy) is 1. The van der Waals surface area contributed by atoms with Crippen molar-refractivity contribution in [3.05, 3.63) is 34.9 Å². The molecule has 0 heterocycles. The smallest absolute Gasteiger partial charge is 0.338 e. The van der Waals surface area contributed by atoms with Crippen LogP contribution in [-0.2, 0) is 4.74 Å². The number of carbonyl (C=O) groups is 1. The van der Waals surface area contributed by atoms with Crippen LogP contribution < -0.4 is 0 Å². The van der Waals surface area contributed by atoms with Gasteiger partial charge in [-0.15, -0.1) is 0 Å². The number of benzene rings is 1. The van der Waals surface area contributed by atoms with E-state index in [1.807, 2.05) is 32.0 Å². The zero-order valence-corrected chi connectivity index (χ0v) is 18.3. The summed E-state index contributed by atoms with van der Waals surface area (Å²) in [6.07, 6.45) is 15.5. The highest BCUT2D eigenvalue weighted by atomic mass is 16.5. The van der Waals surface area contributed by atoms with Crippen LogP contribution in [0.1, 0.15) is 112 Å². The van der Waals surface area contributed by atoms with Crippen molar-refractivity contribution in [3.63, 3.8) is 0 Å². The Morgan fingerprint density at radius 1 is 0.815 bits per heavy atom. The van der Waals surface area contributed by atoms with Crippen molar-refractivity contribution in [1.82, 2.24) is 0 Å². The Morgan fingerprint density at radius 3 is 1.85 bits per heavy atom. The first-order chi connectivity index (χ1) is 13.1. The van der Waals surface area contributed by atoms with E-state index in [0.29, 0.717) is 12.5 Å². The maximum atomic E-state index is 12.6. The molecule has 2 heteroatoms. The van der Waals surface area contributed by atoms with Gasteiger partial charge in [0, 0.05) is 0 Å². The van der Waals surface area contributed by atoms with Crippen LogP contribution in [0.3, 0.4) is 0 Å². The van der Waals surface area contributed by atoms with Crippen molar-refractivity contribution >= 4 is 5.97 Å². The molecule has 0 radical (unpaired) electrons. The Balaban J connectivity index is 2.47. The van der Waals surface area contributed by atoms with Crippen molar-refractivity contribution < 1.29 is 9.53 Å². The molecule has 27 heavy (non-hydrogen) atoms. The first-order valence-electron chi connectivity index (χ1n) is 11.3. The van der Waals surface area contributed by atoms with Gasteiger partial charge in [-0.25, -0.2) is 4.79 Å². The fraction of sp³-hybridized carbons (Fsp3) is 0.720. The summed E-state index contributed by atoms with van der Waals surface area (Å²) in [5.74, 6) is 0.369. The van der Waals surface area contributed by atoms with Crippen LogP contribution in [-0.4, -0.2) is 12.6 Å². The van der Waals surface area contributed by atoms with Crippen LogP contribution in [0.5, 0.6) is 0 Å². The molecule has 0 aliphatic rings. The third kappa shape index (κ3) is 9.98. The summed E-state index contributed by atoms with van der Waals surface area (Å²) in [4.78, 5) is 12.6. The van der Waals surface area contributed by atoms with Gasteiger partial charge in [-0.3, -0.25) is 0 Å². The first kappa shape index (κ1) is 23.7. The summed E-state index contributed by atoms with van der Waals surface area (Å²) < 4.78 is 5.77. The fourth-order valence-corrected chi connectivity index (χ4v) is 3.79. The van der Waals surface area contributed by atoms with Gasteiger partial charge < -0.3 is 4.74 Å². The minimum atomic E-state index is -0.146. The second-order valence-electron chi connectivity index (χ2n) is 8.14. The van der Waals surface area contributed by atoms with Gasteiger partial charge in [0.15, 0.2) is 0 Å². The number of carbonyl (C=O) groups excluding carboxylic acids is 1. The van der Waals surface area contributed by atoms with Crippen LogP contribution in [0.15, 0.2) is 18.2 Å². The van der Waals surface area contributed by atoms with Gasteiger partial charge >= 0.3 is 5.97 Å². The maximum absolute atomic E-state index is 12.6. The first-order valence-corrected chi connectivity index (χ1v) is 11.3. The van der Waals surface area contributed by atoms with Crippen molar-refractivity contribution in [2.24, 2.45) is 5.92 Å². The second kappa shape index (κ2) is 14.7. The number of unbranched alkanes of at least 4 members (excludes halogenated alkanes) is 8. The minimum absolute atomic E-state index is 0.146. The van der Waals surface area contributed by atoms with Crippen molar-refractivity contribution in [1.29, 1.82) is 0 Å². The van der Waals surface area contributed by atoms with Gasteiger partial charge in [-0.05, 0) is 43.7 Å².